The number of ether oxygens (including phenoxy) is 2. The lowest BCUT2D eigenvalue weighted by Crippen LogP contribution is -2.55. The van der Waals surface area contributed by atoms with Crippen molar-refractivity contribution in [1.29, 1.82) is 0 Å². The van der Waals surface area contributed by atoms with Crippen LogP contribution in [0.3, 0.4) is 0 Å². The summed E-state index contributed by atoms with van der Waals surface area (Å²) in [6, 6.07) is 11.1. The van der Waals surface area contributed by atoms with Gasteiger partial charge in [0.25, 0.3) is 5.91 Å². The molecule has 2 amide bonds. The van der Waals surface area contributed by atoms with Crippen LogP contribution in [0.25, 0.3) is 0 Å². The summed E-state index contributed by atoms with van der Waals surface area (Å²) in [6.07, 6.45) is 5.38. The zero-order chi connectivity index (χ0) is 20.2. The van der Waals surface area contributed by atoms with Crippen LogP contribution in [0.2, 0.25) is 0 Å². The molecule has 2 aliphatic rings. The fraction of sp³-hybridized carbons (Fsp3) is 0.409. The Morgan fingerprint density at radius 1 is 1.21 bits per heavy atom. The molecule has 0 bridgehead atoms. The zero-order valence-electron chi connectivity index (χ0n) is 16.4. The Labute approximate surface area is 170 Å². The zero-order valence-corrected chi connectivity index (χ0v) is 16.4. The quantitative estimate of drug-likeness (QED) is 0.774. The van der Waals surface area contributed by atoms with Gasteiger partial charge in [-0.2, -0.15) is 0 Å². The summed E-state index contributed by atoms with van der Waals surface area (Å²) in [4.78, 5) is 31.4. The molecule has 2 atom stereocenters. The maximum absolute atomic E-state index is 13.0. The van der Waals surface area contributed by atoms with Crippen molar-refractivity contribution >= 4 is 11.8 Å². The van der Waals surface area contributed by atoms with Gasteiger partial charge in [-0.25, -0.2) is 0 Å². The first-order chi connectivity index (χ1) is 14.2. The van der Waals surface area contributed by atoms with Crippen molar-refractivity contribution in [3.05, 3.63) is 59.9 Å². The average molecular weight is 395 g/mol. The molecule has 7 heteroatoms. The molecule has 2 aromatic rings. The third-order valence-electron chi connectivity index (χ3n) is 5.38. The molecule has 0 spiro atoms. The maximum atomic E-state index is 13.0. The highest BCUT2D eigenvalue weighted by molar-refractivity contribution is 5.86. The lowest BCUT2D eigenvalue weighted by atomic mass is 9.96. The van der Waals surface area contributed by atoms with Crippen LogP contribution >= 0.6 is 0 Å². The lowest BCUT2D eigenvalue weighted by molar-refractivity contribution is -0.165. The molecule has 7 nitrogen and oxygen atoms in total. The number of hydrogen-bond donors (Lipinski definition) is 1. The molecule has 152 valence electrons. The van der Waals surface area contributed by atoms with E-state index >= 15 is 0 Å². The number of morpholine rings is 1. The Bertz CT molecular complexity index is 852. The van der Waals surface area contributed by atoms with Gasteiger partial charge in [0, 0.05) is 25.0 Å². The van der Waals surface area contributed by atoms with Gasteiger partial charge in [-0.3, -0.25) is 14.6 Å². The third kappa shape index (κ3) is 4.40. The topological polar surface area (TPSA) is 80.8 Å². The van der Waals surface area contributed by atoms with E-state index in [0.29, 0.717) is 13.0 Å². The summed E-state index contributed by atoms with van der Waals surface area (Å²) in [5.74, 6) is 0.473. The second-order valence-corrected chi connectivity index (χ2v) is 7.38. The number of amides is 2. The molecule has 1 saturated heterocycles. The van der Waals surface area contributed by atoms with Gasteiger partial charge in [0.2, 0.25) is 5.91 Å². The van der Waals surface area contributed by atoms with E-state index in [0.717, 1.165) is 29.7 Å². The summed E-state index contributed by atoms with van der Waals surface area (Å²) < 4.78 is 11.0. The van der Waals surface area contributed by atoms with Crippen molar-refractivity contribution in [3.63, 3.8) is 0 Å². The first-order valence-electron chi connectivity index (χ1n) is 9.90. The molecular weight excluding hydrogens is 370 g/mol. The van der Waals surface area contributed by atoms with Gasteiger partial charge in [-0.1, -0.05) is 12.1 Å². The molecule has 0 unspecified atom stereocenters. The largest absolute Gasteiger partial charge is 0.497 e. The van der Waals surface area contributed by atoms with Crippen molar-refractivity contribution in [2.45, 2.75) is 37.5 Å². The Morgan fingerprint density at radius 2 is 1.93 bits per heavy atom. The second-order valence-electron chi connectivity index (χ2n) is 7.38. The molecule has 2 heterocycles. The summed E-state index contributed by atoms with van der Waals surface area (Å²) in [7, 11) is 1.61. The molecular formula is C22H25N3O4. The van der Waals surface area contributed by atoms with Crippen LogP contribution in [-0.2, 0) is 20.7 Å². The minimum Gasteiger partial charge on any atom is -0.497 e. The second kappa shape index (κ2) is 8.61. The molecule has 0 radical (unpaired) electrons. The predicted molar refractivity (Wildman–Crippen MR) is 106 cm³/mol. The number of pyridine rings is 1. The average Bonchev–Trinajstić information content (AvgIpc) is 3.59. The van der Waals surface area contributed by atoms with Gasteiger partial charge in [-0.15, -0.1) is 0 Å². The minimum absolute atomic E-state index is 0.0610. The van der Waals surface area contributed by atoms with E-state index in [4.69, 9.17) is 9.47 Å². The van der Waals surface area contributed by atoms with Crippen molar-refractivity contribution < 1.29 is 19.1 Å². The van der Waals surface area contributed by atoms with Crippen LogP contribution in [0.1, 0.15) is 30.0 Å². The standard InChI is InChI=1S/C22H25N3O4/c1-28-18-6-2-16(3-7-18)20-21(29-14-19(26)25(20)17-4-5-17)22(27)24-13-10-15-8-11-23-12-9-15/h2-3,6-9,11-12,17,20-21H,4-5,10,13-14H2,1H3,(H,24,27)/t20-,21+/m1/s1. The molecule has 29 heavy (non-hydrogen) atoms. The van der Waals surface area contributed by atoms with E-state index in [1.807, 2.05) is 41.3 Å². The van der Waals surface area contributed by atoms with Gasteiger partial charge >= 0.3 is 0 Å². The van der Waals surface area contributed by atoms with E-state index in [1.165, 1.54) is 0 Å². The molecule has 4 rings (SSSR count). The van der Waals surface area contributed by atoms with Gasteiger partial charge in [0.15, 0.2) is 6.10 Å². The number of aromatic nitrogens is 1. The first-order valence-corrected chi connectivity index (χ1v) is 9.90. The number of nitrogens with zero attached hydrogens (tertiary/aromatic N) is 2. The van der Waals surface area contributed by atoms with E-state index in [9.17, 15) is 9.59 Å². The Kier molecular flexibility index (Phi) is 5.76. The van der Waals surface area contributed by atoms with E-state index in [1.54, 1.807) is 19.5 Å². The van der Waals surface area contributed by atoms with Gasteiger partial charge in [0.1, 0.15) is 12.4 Å². The highest BCUT2D eigenvalue weighted by Gasteiger charge is 2.47. The number of carbonyl (C=O) groups is 2. The molecule has 1 aliphatic carbocycles. The maximum Gasteiger partial charge on any atom is 0.251 e. The molecule has 1 aromatic carbocycles. The number of nitrogens with one attached hydrogen (secondary N) is 1. The number of methoxy groups -OCH3 is 1. The van der Waals surface area contributed by atoms with Gasteiger partial charge in [0.05, 0.1) is 13.2 Å². The van der Waals surface area contributed by atoms with Crippen molar-refractivity contribution in [3.8, 4) is 5.75 Å². The first kappa shape index (κ1) is 19.4. The SMILES string of the molecule is COc1ccc([C@@H]2[C@@H](C(=O)NCCc3ccncc3)OCC(=O)N2C2CC2)cc1. The highest BCUT2D eigenvalue weighted by atomic mass is 16.5. The monoisotopic (exact) mass is 395 g/mol. The lowest BCUT2D eigenvalue weighted by Gasteiger charge is -2.40. The minimum atomic E-state index is -0.737. The van der Waals surface area contributed by atoms with Crippen LogP contribution < -0.4 is 10.1 Å². The normalized spacial score (nSPS) is 21.7. The van der Waals surface area contributed by atoms with Crippen LogP contribution in [0, 0.1) is 0 Å². The van der Waals surface area contributed by atoms with Gasteiger partial charge in [-0.05, 0) is 54.7 Å². The Balaban J connectivity index is 1.50. The van der Waals surface area contributed by atoms with Crippen molar-refractivity contribution in [1.82, 2.24) is 15.2 Å². The van der Waals surface area contributed by atoms with Crippen LogP contribution in [0.4, 0.5) is 0 Å². The molecule has 1 N–H and O–H groups in total. The summed E-state index contributed by atoms with van der Waals surface area (Å²) >= 11 is 0. The van der Waals surface area contributed by atoms with E-state index in [2.05, 4.69) is 10.3 Å². The summed E-state index contributed by atoms with van der Waals surface area (Å²) in [6.45, 7) is 0.432. The molecule has 2 fully saturated rings. The van der Waals surface area contributed by atoms with Crippen LogP contribution in [0.15, 0.2) is 48.8 Å². The number of carbonyl (C=O) groups excluding carboxylic acids is 2. The van der Waals surface area contributed by atoms with Crippen molar-refractivity contribution in [2.75, 3.05) is 20.3 Å². The summed E-state index contributed by atoms with van der Waals surface area (Å²) in [5, 5.41) is 2.97. The van der Waals surface area contributed by atoms with Crippen molar-refractivity contribution in [2.24, 2.45) is 0 Å². The molecule has 1 aromatic heterocycles. The molecule has 1 saturated carbocycles. The predicted octanol–water partition coefficient (Wildman–Crippen LogP) is 1.88. The Morgan fingerprint density at radius 3 is 2.59 bits per heavy atom. The Hall–Kier alpha value is -2.93. The fourth-order valence-electron chi connectivity index (χ4n) is 3.75. The van der Waals surface area contributed by atoms with E-state index in [-0.39, 0.29) is 24.5 Å². The molecule has 1 aliphatic heterocycles. The van der Waals surface area contributed by atoms with Crippen LogP contribution in [0.5, 0.6) is 5.75 Å². The number of benzene rings is 1. The smallest absolute Gasteiger partial charge is 0.251 e. The number of rotatable bonds is 7. The third-order valence-corrected chi connectivity index (χ3v) is 5.38. The fourth-order valence-corrected chi connectivity index (χ4v) is 3.75. The summed E-state index contributed by atoms with van der Waals surface area (Å²) in [5.41, 5.74) is 1.98. The number of hydrogen-bond acceptors (Lipinski definition) is 5. The van der Waals surface area contributed by atoms with E-state index < -0.39 is 12.1 Å². The van der Waals surface area contributed by atoms with Gasteiger partial charge < -0.3 is 19.7 Å². The highest BCUT2D eigenvalue weighted by Crippen LogP contribution is 2.39. The van der Waals surface area contributed by atoms with Crippen LogP contribution in [-0.4, -0.2) is 54.1 Å².